The lowest BCUT2D eigenvalue weighted by Crippen LogP contribution is -2.39. The molecule has 1 heterocycles. The number of guanidine groups is 1. The Bertz CT molecular complexity index is 633. The molecule has 1 aromatic heterocycles. The van der Waals surface area contributed by atoms with Gasteiger partial charge in [0.1, 0.15) is 5.75 Å². The molecular weight excluding hydrogens is 473 g/mol. The van der Waals surface area contributed by atoms with E-state index in [4.69, 9.17) is 14.5 Å². The summed E-state index contributed by atoms with van der Waals surface area (Å²) in [5.74, 6) is 1.70. The summed E-state index contributed by atoms with van der Waals surface area (Å²) in [6.45, 7) is 5.88. The number of methoxy groups -OCH3 is 1. The summed E-state index contributed by atoms with van der Waals surface area (Å²) >= 11 is 1.79. The molecule has 5 nitrogen and oxygen atoms in total. The maximum absolute atomic E-state index is 5.39. The summed E-state index contributed by atoms with van der Waals surface area (Å²) in [6, 6.07) is 12.3. The van der Waals surface area contributed by atoms with Crippen LogP contribution in [0, 0.1) is 0 Å². The maximum atomic E-state index is 5.39. The fraction of sp³-hybridized carbons (Fsp3) is 0.450. The van der Waals surface area contributed by atoms with Gasteiger partial charge >= 0.3 is 0 Å². The lowest BCUT2D eigenvalue weighted by Gasteiger charge is -2.12. The zero-order valence-corrected chi connectivity index (χ0v) is 19.2. The average Bonchev–Trinajstić information content (AvgIpc) is 3.19. The molecule has 7 heteroatoms. The zero-order valence-electron chi connectivity index (χ0n) is 16.1. The van der Waals surface area contributed by atoms with E-state index in [1.165, 1.54) is 4.88 Å². The highest BCUT2D eigenvalue weighted by molar-refractivity contribution is 14.0. The smallest absolute Gasteiger partial charge is 0.191 e. The van der Waals surface area contributed by atoms with E-state index in [0.29, 0.717) is 6.54 Å². The number of thiophene rings is 1. The molecular formula is C20H30IN3O2S. The van der Waals surface area contributed by atoms with Crippen molar-refractivity contribution in [2.24, 2.45) is 4.99 Å². The lowest BCUT2D eigenvalue weighted by atomic mass is 10.2. The number of nitrogens with zero attached hydrogens (tertiary/aromatic N) is 1. The molecule has 0 amide bonds. The largest absolute Gasteiger partial charge is 0.497 e. The van der Waals surface area contributed by atoms with Gasteiger partial charge in [0, 0.05) is 31.2 Å². The Morgan fingerprint density at radius 2 is 1.89 bits per heavy atom. The Balaban J connectivity index is 0.00000364. The van der Waals surface area contributed by atoms with Crippen molar-refractivity contribution < 1.29 is 9.47 Å². The third kappa shape index (κ3) is 9.97. The Morgan fingerprint density at radius 3 is 2.56 bits per heavy atom. The number of hydrogen-bond donors (Lipinski definition) is 2. The molecule has 27 heavy (non-hydrogen) atoms. The molecule has 0 saturated carbocycles. The molecule has 0 aliphatic carbocycles. The summed E-state index contributed by atoms with van der Waals surface area (Å²) in [5, 5.41) is 8.92. The first-order valence-corrected chi connectivity index (χ1v) is 9.95. The minimum absolute atomic E-state index is 0. The highest BCUT2D eigenvalue weighted by Crippen LogP contribution is 2.12. The van der Waals surface area contributed by atoms with E-state index in [2.05, 4.69) is 28.1 Å². The number of halogens is 1. The number of nitrogens with one attached hydrogen (secondary N) is 2. The van der Waals surface area contributed by atoms with Crippen molar-refractivity contribution in [2.75, 3.05) is 33.4 Å². The number of benzene rings is 1. The van der Waals surface area contributed by atoms with Gasteiger partial charge in [-0.25, -0.2) is 4.99 Å². The van der Waals surface area contributed by atoms with Gasteiger partial charge in [-0.2, -0.15) is 0 Å². The van der Waals surface area contributed by atoms with E-state index in [9.17, 15) is 0 Å². The van der Waals surface area contributed by atoms with E-state index in [-0.39, 0.29) is 24.0 Å². The van der Waals surface area contributed by atoms with Crippen molar-refractivity contribution in [3.63, 3.8) is 0 Å². The van der Waals surface area contributed by atoms with E-state index in [0.717, 1.165) is 56.4 Å². The molecule has 0 unspecified atom stereocenters. The summed E-state index contributed by atoms with van der Waals surface area (Å²) in [4.78, 5) is 6.08. The van der Waals surface area contributed by atoms with Crippen LogP contribution in [0.2, 0.25) is 0 Å². The highest BCUT2D eigenvalue weighted by Gasteiger charge is 2.01. The second-order valence-corrected chi connectivity index (χ2v) is 6.78. The Kier molecular flexibility index (Phi) is 12.9. The molecule has 2 aromatic rings. The average molecular weight is 503 g/mol. The van der Waals surface area contributed by atoms with Crippen LogP contribution in [-0.2, 0) is 17.7 Å². The van der Waals surface area contributed by atoms with Gasteiger partial charge in [0.15, 0.2) is 5.96 Å². The van der Waals surface area contributed by atoms with Crippen LogP contribution in [0.5, 0.6) is 5.75 Å². The van der Waals surface area contributed by atoms with Crippen molar-refractivity contribution in [3.05, 3.63) is 52.2 Å². The van der Waals surface area contributed by atoms with Crippen molar-refractivity contribution in [2.45, 2.75) is 26.3 Å². The Morgan fingerprint density at radius 1 is 1.11 bits per heavy atom. The van der Waals surface area contributed by atoms with Gasteiger partial charge in [-0.1, -0.05) is 18.2 Å². The van der Waals surface area contributed by atoms with Crippen LogP contribution in [0.1, 0.15) is 23.8 Å². The molecule has 0 atom stereocenters. The van der Waals surface area contributed by atoms with Gasteiger partial charge in [0.2, 0.25) is 0 Å². The number of aliphatic imine (C=N–C) groups is 1. The van der Waals surface area contributed by atoms with Crippen LogP contribution in [-0.4, -0.2) is 39.4 Å². The third-order valence-electron chi connectivity index (χ3n) is 3.78. The van der Waals surface area contributed by atoms with Crippen LogP contribution in [0.25, 0.3) is 0 Å². The predicted octanol–water partition coefficient (Wildman–Crippen LogP) is 4.08. The Labute approximate surface area is 183 Å². The van der Waals surface area contributed by atoms with Crippen LogP contribution in [0.4, 0.5) is 0 Å². The van der Waals surface area contributed by atoms with Crippen LogP contribution >= 0.6 is 35.3 Å². The molecule has 150 valence electrons. The molecule has 0 spiro atoms. The fourth-order valence-electron chi connectivity index (χ4n) is 2.36. The summed E-state index contributed by atoms with van der Waals surface area (Å²) in [6.07, 6.45) is 1.96. The second kappa shape index (κ2) is 14.7. The standard InChI is InChI=1S/C20H29N3O2S.HI/c1-3-25-14-5-12-21-20(22-13-11-19-6-4-15-26-19)23-16-17-7-9-18(24-2)10-8-17;/h4,6-10,15H,3,5,11-14,16H2,1-2H3,(H2,21,22,23);1H. The zero-order chi connectivity index (χ0) is 18.5. The third-order valence-corrected chi connectivity index (χ3v) is 4.72. The Hall–Kier alpha value is -1.32. The van der Waals surface area contributed by atoms with Crippen molar-refractivity contribution in [1.82, 2.24) is 10.6 Å². The highest BCUT2D eigenvalue weighted by atomic mass is 127. The molecule has 2 rings (SSSR count). The number of hydrogen-bond acceptors (Lipinski definition) is 4. The van der Waals surface area contributed by atoms with Gasteiger partial charge in [0.05, 0.1) is 13.7 Å². The van der Waals surface area contributed by atoms with Crippen molar-refractivity contribution >= 4 is 41.3 Å². The molecule has 0 bridgehead atoms. The normalized spacial score (nSPS) is 11.0. The first-order valence-electron chi connectivity index (χ1n) is 9.07. The SMILES string of the molecule is CCOCCCNC(=NCc1ccc(OC)cc1)NCCc1cccs1.I. The molecule has 0 aliphatic rings. The minimum atomic E-state index is 0. The summed E-state index contributed by atoms with van der Waals surface area (Å²) < 4.78 is 10.6. The fourth-order valence-corrected chi connectivity index (χ4v) is 3.07. The van der Waals surface area contributed by atoms with Gasteiger partial charge in [-0.05, 0) is 48.9 Å². The molecule has 0 fully saturated rings. The topological polar surface area (TPSA) is 54.9 Å². The summed E-state index contributed by atoms with van der Waals surface area (Å²) in [7, 11) is 1.68. The van der Waals surface area contributed by atoms with Crippen molar-refractivity contribution in [1.29, 1.82) is 0 Å². The van der Waals surface area contributed by atoms with Crippen LogP contribution < -0.4 is 15.4 Å². The maximum Gasteiger partial charge on any atom is 0.191 e. The second-order valence-electron chi connectivity index (χ2n) is 5.75. The summed E-state index contributed by atoms with van der Waals surface area (Å²) in [5.41, 5.74) is 1.15. The lowest BCUT2D eigenvalue weighted by molar-refractivity contribution is 0.145. The van der Waals surface area contributed by atoms with Crippen LogP contribution in [0.3, 0.4) is 0 Å². The first-order chi connectivity index (χ1) is 12.8. The van der Waals surface area contributed by atoms with Gasteiger partial charge in [0.25, 0.3) is 0 Å². The number of ether oxygens (including phenoxy) is 2. The first kappa shape index (κ1) is 23.7. The van der Waals surface area contributed by atoms with Crippen molar-refractivity contribution in [3.8, 4) is 5.75 Å². The quantitative estimate of drug-likeness (QED) is 0.210. The van der Waals surface area contributed by atoms with Gasteiger partial charge < -0.3 is 20.1 Å². The number of rotatable bonds is 11. The molecule has 0 aliphatic heterocycles. The molecule has 0 saturated heterocycles. The minimum Gasteiger partial charge on any atom is -0.497 e. The monoisotopic (exact) mass is 503 g/mol. The van der Waals surface area contributed by atoms with Crippen LogP contribution in [0.15, 0.2) is 46.8 Å². The molecule has 1 aromatic carbocycles. The van der Waals surface area contributed by atoms with E-state index in [1.807, 2.05) is 31.2 Å². The van der Waals surface area contributed by atoms with E-state index in [1.54, 1.807) is 18.4 Å². The van der Waals surface area contributed by atoms with Gasteiger partial charge in [-0.3, -0.25) is 0 Å². The van der Waals surface area contributed by atoms with E-state index < -0.39 is 0 Å². The van der Waals surface area contributed by atoms with Gasteiger partial charge in [-0.15, -0.1) is 35.3 Å². The molecule has 0 radical (unpaired) electrons. The van der Waals surface area contributed by atoms with E-state index >= 15 is 0 Å². The predicted molar refractivity (Wildman–Crippen MR) is 125 cm³/mol. The molecule has 2 N–H and O–H groups in total.